The van der Waals surface area contributed by atoms with Crippen molar-refractivity contribution in [1.82, 2.24) is 20.5 Å². The number of halogens is 1. The molecule has 1 aromatic heterocycles. The summed E-state index contributed by atoms with van der Waals surface area (Å²) in [5, 5.41) is 9.51. The number of nitrogens with zero attached hydrogens (tertiary/aromatic N) is 2. The fraction of sp³-hybridized carbons (Fsp3) is 0.375. The molecule has 1 amide bonds. The van der Waals surface area contributed by atoms with Gasteiger partial charge in [-0.15, -0.1) is 11.3 Å². The van der Waals surface area contributed by atoms with Crippen molar-refractivity contribution in [2.45, 2.75) is 0 Å². The van der Waals surface area contributed by atoms with Gasteiger partial charge in [-0.1, -0.05) is 23.7 Å². The van der Waals surface area contributed by atoms with Crippen LogP contribution in [0.25, 0.3) is 10.6 Å². The van der Waals surface area contributed by atoms with Crippen LogP contribution >= 0.6 is 22.9 Å². The molecule has 1 fully saturated rings. The Morgan fingerprint density at radius 2 is 2.22 bits per heavy atom. The monoisotopic (exact) mass is 350 g/mol. The molecule has 2 N–H and O–H groups in total. The molecule has 2 aromatic rings. The summed E-state index contributed by atoms with van der Waals surface area (Å²) in [6, 6.07) is 7.50. The highest BCUT2D eigenvalue weighted by Crippen LogP contribution is 2.25. The SMILES string of the molecule is O=C(NCCN1CCNCC1)c1csc(-c2cccc(Cl)c2)n1. The van der Waals surface area contributed by atoms with Crippen LogP contribution in [0.3, 0.4) is 0 Å². The molecule has 1 aliphatic rings. The molecule has 0 aliphatic carbocycles. The van der Waals surface area contributed by atoms with Crippen LogP contribution in [0.15, 0.2) is 29.6 Å². The van der Waals surface area contributed by atoms with Gasteiger partial charge in [-0.25, -0.2) is 4.98 Å². The van der Waals surface area contributed by atoms with Gasteiger partial charge in [0.15, 0.2) is 0 Å². The highest BCUT2D eigenvalue weighted by molar-refractivity contribution is 7.13. The maximum Gasteiger partial charge on any atom is 0.270 e. The van der Waals surface area contributed by atoms with Gasteiger partial charge in [0.1, 0.15) is 10.7 Å². The number of amides is 1. The third-order valence-electron chi connectivity index (χ3n) is 3.73. The Morgan fingerprint density at radius 3 is 3.00 bits per heavy atom. The topological polar surface area (TPSA) is 57.3 Å². The second-order valence-electron chi connectivity index (χ2n) is 5.40. The van der Waals surface area contributed by atoms with Crippen LogP contribution in [0.4, 0.5) is 0 Å². The van der Waals surface area contributed by atoms with E-state index in [0.717, 1.165) is 43.3 Å². The number of carbonyl (C=O) groups excluding carboxylic acids is 1. The number of nitrogens with one attached hydrogen (secondary N) is 2. The van der Waals surface area contributed by atoms with E-state index in [-0.39, 0.29) is 5.91 Å². The zero-order chi connectivity index (χ0) is 16.1. The summed E-state index contributed by atoms with van der Waals surface area (Å²) in [5.41, 5.74) is 1.40. The summed E-state index contributed by atoms with van der Waals surface area (Å²) in [6.45, 7) is 5.62. The number of piperazine rings is 1. The first-order valence-corrected chi connectivity index (χ1v) is 8.91. The predicted octanol–water partition coefficient (Wildman–Crippen LogP) is 2.10. The van der Waals surface area contributed by atoms with E-state index in [9.17, 15) is 4.79 Å². The van der Waals surface area contributed by atoms with Gasteiger partial charge in [0.25, 0.3) is 5.91 Å². The minimum atomic E-state index is -0.121. The normalized spacial score (nSPS) is 15.5. The lowest BCUT2D eigenvalue weighted by molar-refractivity contribution is 0.0943. The third kappa shape index (κ3) is 4.51. The highest BCUT2D eigenvalue weighted by Gasteiger charge is 2.13. The average molecular weight is 351 g/mol. The number of hydrogen-bond acceptors (Lipinski definition) is 5. The first-order chi connectivity index (χ1) is 11.2. The molecule has 1 saturated heterocycles. The largest absolute Gasteiger partial charge is 0.349 e. The fourth-order valence-electron chi connectivity index (χ4n) is 2.48. The Labute approximate surface area is 144 Å². The van der Waals surface area contributed by atoms with Crippen molar-refractivity contribution in [3.05, 3.63) is 40.4 Å². The molecule has 0 unspecified atom stereocenters. The maximum atomic E-state index is 12.2. The first kappa shape index (κ1) is 16.4. The summed E-state index contributed by atoms with van der Waals surface area (Å²) >= 11 is 7.45. The Bertz CT molecular complexity index is 670. The summed E-state index contributed by atoms with van der Waals surface area (Å²) < 4.78 is 0. The predicted molar refractivity (Wildman–Crippen MR) is 94.2 cm³/mol. The van der Waals surface area contributed by atoms with Crippen molar-refractivity contribution < 1.29 is 4.79 Å². The zero-order valence-electron chi connectivity index (χ0n) is 12.7. The lowest BCUT2D eigenvalue weighted by atomic mass is 10.2. The number of carbonyl (C=O) groups is 1. The molecule has 2 heterocycles. The standard InChI is InChI=1S/C16H19ClN4OS/c17-13-3-1-2-12(10-13)16-20-14(11-23-16)15(22)19-6-9-21-7-4-18-5-8-21/h1-3,10-11,18H,4-9H2,(H,19,22). The van der Waals surface area contributed by atoms with Gasteiger partial charge in [0, 0.05) is 55.2 Å². The number of aromatic nitrogens is 1. The van der Waals surface area contributed by atoms with E-state index >= 15 is 0 Å². The van der Waals surface area contributed by atoms with Gasteiger partial charge >= 0.3 is 0 Å². The van der Waals surface area contributed by atoms with E-state index < -0.39 is 0 Å². The summed E-state index contributed by atoms with van der Waals surface area (Å²) in [7, 11) is 0. The summed E-state index contributed by atoms with van der Waals surface area (Å²) in [4.78, 5) is 18.9. The van der Waals surface area contributed by atoms with Crippen molar-refractivity contribution >= 4 is 28.8 Å². The quantitative estimate of drug-likeness (QED) is 0.867. The van der Waals surface area contributed by atoms with Crippen molar-refractivity contribution in [2.24, 2.45) is 0 Å². The molecule has 7 heteroatoms. The molecule has 3 rings (SSSR count). The second-order valence-corrected chi connectivity index (χ2v) is 6.69. The Balaban J connectivity index is 1.54. The number of hydrogen-bond donors (Lipinski definition) is 2. The number of thiazole rings is 1. The molecule has 1 aliphatic heterocycles. The van der Waals surface area contributed by atoms with Gasteiger partial charge < -0.3 is 10.6 Å². The molecule has 23 heavy (non-hydrogen) atoms. The van der Waals surface area contributed by atoms with E-state index in [1.54, 1.807) is 5.38 Å². The van der Waals surface area contributed by atoms with E-state index in [0.29, 0.717) is 17.3 Å². The fourth-order valence-corrected chi connectivity index (χ4v) is 3.47. The molecular weight excluding hydrogens is 332 g/mol. The Morgan fingerprint density at radius 1 is 1.39 bits per heavy atom. The van der Waals surface area contributed by atoms with Gasteiger partial charge in [-0.3, -0.25) is 9.69 Å². The molecule has 0 radical (unpaired) electrons. The minimum absolute atomic E-state index is 0.121. The van der Waals surface area contributed by atoms with Crippen molar-refractivity contribution in [3.63, 3.8) is 0 Å². The summed E-state index contributed by atoms with van der Waals surface area (Å²) in [5.74, 6) is -0.121. The van der Waals surface area contributed by atoms with Crippen LogP contribution in [-0.2, 0) is 0 Å². The lowest BCUT2D eigenvalue weighted by Crippen LogP contribution is -2.46. The molecule has 0 saturated carbocycles. The Hall–Kier alpha value is -1.47. The molecule has 0 atom stereocenters. The van der Waals surface area contributed by atoms with Crippen LogP contribution in [-0.4, -0.2) is 55.1 Å². The Kier molecular flexibility index (Phi) is 5.61. The van der Waals surface area contributed by atoms with Gasteiger partial charge in [-0.05, 0) is 12.1 Å². The molecule has 5 nitrogen and oxygen atoms in total. The van der Waals surface area contributed by atoms with Crippen LogP contribution in [0, 0.1) is 0 Å². The van der Waals surface area contributed by atoms with E-state index in [1.165, 1.54) is 11.3 Å². The van der Waals surface area contributed by atoms with Crippen molar-refractivity contribution in [3.8, 4) is 10.6 Å². The molecular formula is C16H19ClN4OS. The van der Waals surface area contributed by atoms with Gasteiger partial charge in [-0.2, -0.15) is 0 Å². The average Bonchev–Trinajstić information content (AvgIpc) is 3.06. The maximum absolute atomic E-state index is 12.2. The highest BCUT2D eigenvalue weighted by atomic mass is 35.5. The van der Waals surface area contributed by atoms with Gasteiger partial charge in [0.05, 0.1) is 0 Å². The zero-order valence-corrected chi connectivity index (χ0v) is 14.3. The van der Waals surface area contributed by atoms with Crippen LogP contribution in [0.1, 0.15) is 10.5 Å². The van der Waals surface area contributed by atoms with E-state index in [2.05, 4.69) is 20.5 Å². The number of rotatable bonds is 5. The lowest BCUT2D eigenvalue weighted by Gasteiger charge is -2.26. The van der Waals surface area contributed by atoms with E-state index in [4.69, 9.17) is 11.6 Å². The van der Waals surface area contributed by atoms with Crippen LogP contribution in [0.2, 0.25) is 5.02 Å². The molecule has 0 spiro atoms. The molecule has 0 bridgehead atoms. The second kappa shape index (κ2) is 7.88. The first-order valence-electron chi connectivity index (χ1n) is 7.65. The van der Waals surface area contributed by atoms with Crippen molar-refractivity contribution in [1.29, 1.82) is 0 Å². The van der Waals surface area contributed by atoms with E-state index in [1.807, 2.05) is 24.3 Å². The number of benzene rings is 1. The smallest absolute Gasteiger partial charge is 0.270 e. The molecule has 122 valence electrons. The summed E-state index contributed by atoms with van der Waals surface area (Å²) in [6.07, 6.45) is 0. The minimum Gasteiger partial charge on any atom is -0.349 e. The van der Waals surface area contributed by atoms with Crippen molar-refractivity contribution in [2.75, 3.05) is 39.3 Å². The molecule has 1 aromatic carbocycles. The van der Waals surface area contributed by atoms with Gasteiger partial charge in [0.2, 0.25) is 0 Å². The van der Waals surface area contributed by atoms with Crippen LogP contribution < -0.4 is 10.6 Å². The third-order valence-corrected chi connectivity index (χ3v) is 4.86. The van der Waals surface area contributed by atoms with Crippen LogP contribution in [0.5, 0.6) is 0 Å².